The third-order valence-corrected chi connectivity index (χ3v) is 4.88. The van der Waals surface area contributed by atoms with E-state index in [0.29, 0.717) is 25.6 Å². The highest BCUT2D eigenvalue weighted by atomic mass is 16.5. The van der Waals surface area contributed by atoms with Crippen molar-refractivity contribution in [1.29, 1.82) is 0 Å². The number of rotatable bonds is 7. The van der Waals surface area contributed by atoms with E-state index in [9.17, 15) is 4.79 Å². The molecule has 1 aromatic heterocycles. The Morgan fingerprint density at radius 1 is 1.35 bits per heavy atom. The fourth-order valence-electron chi connectivity index (χ4n) is 3.49. The molecule has 1 aliphatic heterocycles. The van der Waals surface area contributed by atoms with Crippen LogP contribution in [0.25, 0.3) is 0 Å². The van der Waals surface area contributed by atoms with E-state index in [1.807, 2.05) is 36.6 Å². The van der Waals surface area contributed by atoms with Gasteiger partial charge in [0.2, 0.25) is 5.91 Å². The molecule has 0 fully saturated rings. The van der Waals surface area contributed by atoms with Crippen LogP contribution >= 0.6 is 0 Å². The lowest BCUT2D eigenvalue weighted by Gasteiger charge is -2.34. The van der Waals surface area contributed by atoms with Crippen molar-refractivity contribution in [2.75, 3.05) is 31.1 Å². The highest BCUT2D eigenvalue weighted by Crippen LogP contribution is 2.25. The zero-order valence-electron chi connectivity index (χ0n) is 15.7. The molecule has 0 bridgehead atoms. The van der Waals surface area contributed by atoms with Gasteiger partial charge in [-0.2, -0.15) is 0 Å². The highest BCUT2D eigenvalue weighted by Gasteiger charge is 2.41. The first-order valence-electron chi connectivity index (χ1n) is 9.13. The van der Waals surface area contributed by atoms with Gasteiger partial charge < -0.3 is 15.0 Å². The van der Waals surface area contributed by atoms with E-state index in [4.69, 9.17) is 4.74 Å². The zero-order valence-corrected chi connectivity index (χ0v) is 15.7. The monoisotopic (exact) mass is 357 g/mol. The summed E-state index contributed by atoms with van der Waals surface area (Å²) >= 11 is 0. The Balaban J connectivity index is 1.56. The minimum atomic E-state index is -0.801. The van der Waals surface area contributed by atoms with Crippen LogP contribution in [0.1, 0.15) is 31.9 Å². The molecule has 1 aliphatic rings. The molecular formula is C19H27N5O2. The quantitative estimate of drug-likeness (QED) is 0.766. The first kappa shape index (κ1) is 18.4. The fourth-order valence-corrected chi connectivity index (χ4v) is 3.49. The van der Waals surface area contributed by atoms with E-state index in [2.05, 4.69) is 39.5 Å². The predicted molar refractivity (Wildman–Crippen MR) is 100 cm³/mol. The van der Waals surface area contributed by atoms with Crippen molar-refractivity contribution in [3.8, 4) is 0 Å². The topological polar surface area (TPSA) is 72.3 Å². The molecule has 1 unspecified atom stereocenters. The largest absolute Gasteiger partial charge is 0.372 e. The van der Waals surface area contributed by atoms with Gasteiger partial charge >= 0.3 is 0 Å². The summed E-state index contributed by atoms with van der Waals surface area (Å²) in [4.78, 5) is 15.1. The average molecular weight is 357 g/mol. The van der Waals surface area contributed by atoms with Gasteiger partial charge in [-0.05, 0) is 39.3 Å². The summed E-state index contributed by atoms with van der Waals surface area (Å²) in [7, 11) is 0. The van der Waals surface area contributed by atoms with Crippen molar-refractivity contribution in [3.63, 3.8) is 0 Å². The van der Waals surface area contributed by atoms with Crippen LogP contribution in [0.3, 0.4) is 0 Å². The number of hydrogen-bond acceptors (Lipinski definition) is 5. The maximum Gasteiger partial charge on any atom is 0.248 e. The van der Waals surface area contributed by atoms with Gasteiger partial charge in [0, 0.05) is 25.3 Å². The number of anilines is 1. The molecule has 1 amide bonds. The molecule has 3 rings (SSSR count). The smallest absolute Gasteiger partial charge is 0.248 e. The minimum Gasteiger partial charge on any atom is -0.372 e. The van der Waals surface area contributed by atoms with Crippen molar-refractivity contribution >= 4 is 11.6 Å². The molecule has 7 nitrogen and oxygen atoms in total. The first-order valence-corrected chi connectivity index (χ1v) is 9.13. The Morgan fingerprint density at radius 2 is 2.12 bits per heavy atom. The number of aryl methyl sites for hydroxylation is 1. The van der Waals surface area contributed by atoms with Crippen LogP contribution in [0.4, 0.5) is 5.69 Å². The van der Waals surface area contributed by atoms with Crippen molar-refractivity contribution in [3.05, 3.63) is 42.0 Å². The molecule has 140 valence electrons. The molecule has 2 aromatic rings. The number of carbonyl (C=O) groups is 1. The second kappa shape index (κ2) is 7.86. The van der Waals surface area contributed by atoms with Crippen LogP contribution in [0.2, 0.25) is 0 Å². The first-order chi connectivity index (χ1) is 12.6. The second-order valence-corrected chi connectivity index (χ2v) is 6.79. The van der Waals surface area contributed by atoms with Crippen LogP contribution in [-0.2, 0) is 21.7 Å². The zero-order chi connectivity index (χ0) is 18.6. The van der Waals surface area contributed by atoms with Gasteiger partial charge in [0.1, 0.15) is 18.0 Å². The lowest BCUT2D eigenvalue weighted by atomic mass is 10.00. The lowest BCUT2D eigenvalue weighted by Crippen LogP contribution is -2.53. The van der Waals surface area contributed by atoms with E-state index in [-0.39, 0.29) is 5.91 Å². The predicted octanol–water partition coefficient (Wildman–Crippen LogP) is 1.86. The average Bonchev–Trinajstić information content (AvgIpc) is 3.05. The van der Waals surface area contributed by atoms with Gasteiger partial charge in [0.05, 0.1) is 6.61 Å². The molecule has 0 saturated heterocycles. The van der Waals surface area contributed by atoms with Crippen LogP contribution in [0, 0.1) is 6.92 Å². The maximum absolute atomic E-state index is 12.8. The number of hydrogen-bond donors (Lipinski definition) is 1. The lowest BCUT2D eigenvalue weighted by molar-refractivity contribution is -0.135. The van der Waals surface area contributed by atoms with E-state index in [0.717, 1.165) is 25.3 Å². The van der Waals surface area contributed by atoms with Crippen molar-refractivity contribution in [2.24, 2.45) is 0 Å². The van der Waals surface area contributed by atoms with Gasteiger partial charge in [-0.25, -0.2) is 0 Å². The van der Waals surface area contributed by atoms with Crippen molar-refractivity contribution in [2.45, 2.75) is 39.3 Å². The fraction of sp³-hybridized carbons (Fsp3) is 0.526. The molecule has 1 aromatic carbocycles. The standard InChI is InChI=1S/C19H27N5O2/c1-4-23(16-9-6-5-7-10-16)12-8-11-20-18(25)19(3)14-26-13-17-22-21-15(2)24(17)19/h5-7,9-10H,4,8,11-14H2,1-3H3,(H,20,25). The van der Waals surface area contributed by atoms with E-state index >= 15 is 0 Å². The Kier molecular flexibility index (Phi) is 5.56. The number of ether oxygens (including phenoxy) is 1. The van der Waals surface area contributed by atoms with E-state index in [1.165, 1.54) is 5.69 Å². The molecule has 1 atom stereocenters. The second-order valence-electron chi connectivity index (χ2n) is 6.79. The minimum absolute atomic E-state index is 0.0518. The molecule has 2 heterocycles. The number of carbonyl (C=O) groups excluding carboxylic acids is 1. The van der Waals surface area contributed by atoms with E-state index in [1.54, 1.807) is 0 Å². The summed E-state index contributed by atoms with van der Waals surface area (Å²) < 4.78 is 7.47. The number of para-hydroxylation sites is 1. The van der Waals surface area contributed by atoms with Gasteiger partial charge in [-0.15, -0.1) is 10.2 Å². The summed E-state index contributed by atoms with van der Waals surface area (Å²) in [5.74, 6) is 1.39. The number of amides is 1. The molecular weight excluding hydrogens is 330 g/mol. The third-order valence-electron chi connectivity index (χ3n) is 4.88. The van der Waals surface area contributed by atoms with Gasteiger partial charge in [0.15, 0.2) is 5.82 Å². The summed E-state index contributed by atoms with van der Waals surface area (Å²) in [5, 5.41) is 11.2. The van der Waals surface area contributed by atoms with Gasteiger partial charge in [0.25, 0.3) is 0 Å². The van der Waals surface area contributed by atoms with Crippen LogP contribution in [-0.4, -0.2) is 46.9 Å². The number of nitrogens with zero attached hydrogens (tertiary/aromatic N) is 4. The van der Waals surface area contributed by atoms with Crippen LogP contribution in [0.15, 0.2) is 30.3 Å². The Morgan fingerprint density at radius 3 is 2.85 bits per heavy atom. The van der Waals surface area contributed by atoms with Gasteiger partial charge in [-0.3, -0.25) is 9.36 Å². The number of aromatic nitrogens is 3. The molecule has 1 N–H and O–H groups in total. The summed E-state index contributed by atoms with van der Waals surface area (Å²) in [6, 6.07) is 10.3. The molecule has 26 heavy (non-hydrogen) atoms. The normalized spacial score (nSPS) is 19.0. The third kappa shape index (κ3) is 3.58. The molecule has 7 heteroatoms. The van der Waals surface area contributed by atoms with E-state index < -0.39 is 5.54 Å². The molecule has 0 aliphatic carbocycles. The Hall–Kier alpha value is -2.41. The highest BCUT2D eigenvalue weighted by molar-refractivity contribution is 5.84. The molecule has 0 spiro atoms. The van der Waals surface area contributed by atoms with Crippen LogP contribution < -0.4 is 10.2 Å². The summed E-state index contributed by atoms with van der Waals surface area (Å²) in [6.07, 6.45) is 0.874. The number of benzene rings is 1. The number of nitrogens with one attached hydrogen (secondary N) is 1. The number of fused-ring (bicyclic) bond motifs is 1. The summed E-state index contributed by atoms with van der Waals surface area (Å²) in [5.41, 5.74) is 0.407. The van der Waals surface area contributed by atoms with Crippen molar-refractivity contribution in [1.82, 2.24) is 20.1 Å². The van der Waals surface area contributed by atoms with Gasteiger partial charge in [-0.1, -0.05) is 18.2 Å². The summed E-state index contributed by atoms with van der Waals surface area (Å²) in [6.45, 7) is 9.06. The molecule has 0 saturated carbocycles. The molecule has 0 radical (unpaired) electrons. The van der Waals surface area contributed by atoms with Crippen molar-refractivity contribution < 1.29 is 9.53 Å². The Bertz CT molecular complexity index is 746. The SMILES string of the molecule is CCN(CCCNC(=O)C1(C)COCc2nnc(C)n21)c1ccccc1. The van der Waals surface area contributed by atoms with Crippen LogP contribution in [0.5, 0.6) is 0 Å². The maximum atomic E-state index is 12.8. The Labute approximate surface area is 154 Å².